The molecule has 6 heteroatoms. The first-order chi connectivity index (χ1) is 16.6. The van der Waals surface area contributed by atoms with Gasteiger partial charge in [0, 0.05) is 6.42 Å². The maximum absolute atomic E-state index is 12.7. The Morgan fingerprint density at radius 3 is 2.32 bits per heavy atom. The summed E-state index contributed by atoms with van der Waals surface area (Å²) in [6, 6.07) is 21.4. The van der Waals surface area contributed by atoms with E-state index in [0.717, 1.165) is 18.4 Å². The zero-order chi connectivity index (χ0) is 24.2. The third-order valence-electron chi connectivity index (χ3n) is 5.20. The number of unbranched alkanes of at least 4 members (excludes halogenated alkanes) is 3. The Morgan fingerprint density at radius 2 is 1.56 bits per heavy atom. The van der Waals surface area contributed by atoms with Gasteiger partial charge in [0.15, 0.2) is 0 Å². The second-order valence-electron chi connectivity index (χ2n) is 7.81. The lowest BCUT2D eigenvalue weighted by molar-refractivity contribution is 0.0504. The number of esters is 2. The van der Waals surface area contributed by atoms with E-state index in [1.54, 1.807) is 42.5 Å². The minimum Gasteiger partial charge on any atom is -0.492 e. The van der Waals surface area contributed by atoms with Crippen LogP contribution in [0.1, 0.15) is 58.9 Å². The Morgan fingerprint density at radius 1 is 0.794 bits per heavy atom. The maximum atomic E-state index is 12.7. The molecular formula is C28H29BrO5. The summed E-state index contributed by atoms with van der Waals surface area (Å²) in [5, 5.41) is 0. The maximum Gasteiger partial charge on any atom is 0.343 e. The molecule has 178 valence electrons. The van der Waals surface area contributed by atoms with Crippen LogP contribution in [-0.2, 0) is 11.2 Å². The molecule has 0 heterocycles. The van der Waals surface area contributed by atoms with E-state index < -0.39 is 11.9 Å². The fourth-order valence-corrected chi connectivity index (χ4v) is 3.82. The number of hydrogen-bond donors (Lipinski definition) is 0. The highest BCUT2D eigenvalue weighted by molar-refractivity contribution is 9.10. The molecule has 5 nitrogen and oxygen atoms in total. The van der Waals surface area contributed by atoms with Gasteiger partial charge < -0.3 is 14.2 Å². The molecule has 0 atom stereocenters. The van der Waals surface area contributed by atoms with Crippen LogP contribution in [-0.4, -0.2) is 25.2 Å². The number of carbonyl (C=O) groups excluding carboxylic acids is 2. The zero-order valence-electron chi connectivity index (χ0n) is 19.3. The molecule has 0 N–H and O–H groups in total. The third-order valence-corrected chi connectivity index (χ3v) is 5.82. The number of benzene rings is 3. The molecular weight excluding hydrogens is 496 g/mol. The summed E-state index contributed by atoms with van der Waals surface area (Å²) >= 11 is 3.46. The quantitative estimate of drug-likeness (QED) is 0.144. The molecule has 0 aliphatic carbocycles. The van der Waals surface area contributed by atoms with Crippen molar-refractivity contribution < 1.29 is 23.8 Å². The SMILES string of the molecule is CCCCCCOc1ccc(C(=O)Oc2ccccc2C(=O)OCCc2ccccc2)cc1Br. The molecule has 0 unspecified atom stereocenters. The summed E-state index contributed by atoms with van der Waals surface area (Å²) in [6.07, 6.45) is 5.09. The lowest BCUT2D eigenvalue weighted by atomic mass is 10.1. The zero-order valence-corrected chi connectivity index (χ0v) is 20.9. The third kappa shape index (κ3) is 7.73. The van der Waals surface area contributed by atoms with Crippen molar-refractivity contribution in [3.05, 3.63) is 94.0 Å². The van der Waals surface area contributed by atoms with Crippen molar-refractivity contribution in [1.29, 1.82) is 0 Å². The molecule has 3 aromatic carbocycles. The fourth-order valence-electron chi connectivity index (χ4n) is 3.32. The van der Waals surface area contributed by atoms with E-state index in [-0.39, 0.29) is 17.9 Å². The first kappa shape index (κ1) is 25.5. The van der Waals surface area contributed by atoms with E-state index in [2.05, 4.69) is 22.9 Å². The number of ether oxygens (including phenoxy) is 3. The average Bonchev–Trinajstić information content (AvgIpc) is 2.85. The monoisotopic (exact) mass is 524 g/mol. The van der Waals surface area contributed by atoms with Crippen LogP contribution in [0.15, 0.2) is 77.3 Å². The number of hydrogen-bond acceptors (Lipinski definition) is 5. The fraction of sp³-hybridized carbons (Fsp3) is 0.286. The van der Waals surface area contributed by atoms with Gasteiger partial charge in [-0.25, -0.2) is 9.59 Å². The van der Waals surface area contributed by atoms with E-state index in [1.165, 1.54) is 12.8 Å². The molecule has 0 spiro atoms. The molecule has 0 fully saturated rings. The Balaban J connectivity index is 1.58. The summed E-state index contributed by atoms with van der Waals surface area (Å²) in [6.45, 7) is 3.03. The van der Waals surface area contributed by atoms with Crippen molar-refractivity contribution in [1.82, 2.24) is 0 Å². The molecule has 0 saturated heterocycles. The van der Waals surface area contributed by atoms with Gasteiger partial charge in [-0.1, -0.05) is 68.7 Å². The smallest absolute Gasteiger partial charge is 0.343 e. The van der Waals surface area contributed by atoms with Crippen molar-refractivity contribution in [3.8, 4) is 11.5 Å². The number of carbonyl (C=O) groups is 2. The largest absolute Gasteiger partial charge is 0.492 e. The Labute approximate surface area is 209 Å². The minimum absolute atomic E-state index is 0.157. The van der Waals surface area contributed by atoms with Crippen LogP contribution in [0, 0.1) is 0 Å². The predicted octanol–water partition coefficient (Wildman–Crippen LogP) is 7.03. The van der Waals surface area contributed by atoms with Gasteiger partial charge in [0.2, 0.25) is 0 Å². The summed E-state index contributed by atoms with van der Waals surface area (Å²) in [4.78, 5) is 25.3. The Hall–Kier alpha value is -3.12. The van der Waals surface area contributed by atoms with Crippen LogP contribution in [0.25, 0.3) is 0 Å². The first-order valence-electron chi connectivity index (χ1n) is 11.5. The highest BCUT2D eigenvalue weighted by Gasteiger charge is 2.18. The van der Waals surface area contributed by atoms with Crippen molar-refractivity contribution in [2.24, 2.45) is 0 Å². The van der Waals surface area contributed by atoms with Crippen molar-refractivity contribution in [3.63, 3.8) is 0 Å². The second kappa shape index (κ2) is 13.6. The minimum atomic E-state index is -0.570. The van der Waals surface area contributed by atoms with E-state index in [9.17, 15) is 9.59 Å². The highest BCUT2D eigenvalue weighted by atomic mass is 79.9. The van der Waals surface area contributed by atoms with Gasteiger partial charge in [-0.3, -0.25) is 0 Å². The normalized spacial score (nSPS) is 10.5. The molecule has 3 rings (SSSR count). The number of rotatable bonds is 12. The van der Waals surface area contributed by atoms with E-state index in [4.69, 9.17) is 14.2 Å². The van der Waals surface area contributed by atoms with Crippen molar-refractivity contribution >= 4 is 27.9 Å². The first-order valence-corrected chi connectivity index (χ1v) is 12.3. The molecule has 0 aromatic heterocycles. The summed E-state index contributed by atoms with van der Waals surface area (Å²) in [5.74, 6) is -0.271. The van der Waals surface area contributed by atoms with E-state index in [1.807, 2.05) is 30.3 Å². The van der Waals surface area contributed by atoms with E-state index in [0.29, 0.717) is 28.8 Å². The van der Waals surface area contributed by atoms with Gasteiger partial charge in [0.25, 0.3) is 0 Å². The van der Waals surface area contributed by atoms with Crippen LogP contribution < -0.4 is 9.47 Å². The van der Waals surface area contributed by atoms with Gasteiger partial charge in [0.1, 0.15) is 17.1 Å². The molecule has 3 aromatic rings. The van der Waals surface area contributed by atoms with Gasteiger partial charge >= 0.3 is 11.9 Å². The summed E-state index contributed by atoms with van der Waals surface area (Å²) in [5.41, 5.74) is 1.63. The van der Waals surface area contributed by atoms with Gasteiger partial charge in [0.05, 0.1) is 23.2 Å². The Bertz CT molecular complexity index is 1080. The Kier molecular flexibility index (Phi) is 10.2. The molecule has 0 saturated carbocycles. The summed E-state index contributed by atoms with van der Waals surface area (Å²) < 4.78 is 17.4. The summed E-state index contributed by atoms with van der Waals surface area (Å²) in [7, 11) is 0. The van der Waals surface area contributed by atoms with Crippen LogP contribution in [0.2, 0.25) is 0 Å². The number of halogens is 1. The van der Waals surface area contributed by atoms with Gasteiger partial charge in [-0.05, 0) is 58.2 Å². The standard InChI is InChI=1S/C28H29BrO5/c1-2-3-4-10-18-32-26-16-15-22(20-24(26)29)27(30)34-25-14-9-8-13-23(25)28(31)33-19-17-21-11-6-5-7-12-21/h5-9,11-16,20H,2-4,10,17-19H2,1H3. The molecule has 0 aliphatic heterocycles. The molecule has 0 amide bonds. The van der Waals surface area contributed by atoms with Gasteiger partial charge in [-0.2, -0.15) is 0 Å². The molecule has 34 heavy (non-hydrogen) atoms. The highest BCUT2D eigenvalue weighted by Crippen LogP contribution is 2.28. The van der Waals surface area contributed by atoms with E-state index >= 15 is 0 Å². The topological polar surface area (TPSA) is 61.8 Å². The van der Waals surface area contributed by atoms with Crippen molar-refractivity contribution in [2.45, 2.75) is 39.0 Å². The molecule has 0 radical (unpaired) electrons. The van der Waals surface area contributed by atoms with Crippen molar-refractivity contribution in [2.75, 3.05) is 13.2 Å². The number of para-hydroxylation sites is 1. The van der Waals surface area contributed by atoms with Crippen LogP contribution in [0.5, 0.6) is 11.5 Å². The van der Waals surface area contributed by atoms with Gasteiger partial charge in [-0.15, -0.1) is 0 Å². The lowest BCUT2D eigenvalue weighted by Crippen LogP contribution is -2.14. The predicted molar refractivity (Wildman–Crippen MR) is 136 cm³/mol. The molecule has 0 bridgehead atoms. The average molecular weight is 525 g/mol. The molecule has 0 aliphatic rings. The second-order valence-corrected chi connectivity index (χ2v) is 8.67. The lowest BCUT2D eigenvalue weighted by Gasteiger charge is -2.12. The van der Waals surface area contributed by atoms with Crippen LogP contribution >= 0.6 is 15.9 Å². The van der Waals surface area contributed by atoms with Crippen LogP contribution in [0.4, 0.5) is 0 Å². The van der Waals surface area contributed by atoms with Crippen LogP contribution in [0.3, 0.4) is 0 Å².